The maximum Gasteiger partial charge on any atom is 0.305 e. The maximum absolute atomic E-state index is 12.8. The standard InChI is InChI=1S/C23H22ClNO4S2/c1-2-28-21(26)12-7-13-25-22(27)20(31-23(25)30)14-16-8-4-6-11-19(16)29-15-17-9-3-5-10-18(17)24/h3-6,8-11,14H,2,7,12-13,15H2,1H3/b20-14+. The van der Waals surface area contributed by atoms with Crippen LogP contribution in [0.4, 0.5) is 0 Å². The van der Waals surface area contributed by atoms with Crippen LogP contribution < -0.4 is 4.74 Å². The lowest BCUT2D eigenvalue weighted by Crippen LogP contribution is -2.29. The minimum absolute atomic E-state index is 0.167. The van der Waals surface area contributed by atoms with E-state index in [4.69, 9.17) is 33.3 Å². The van der Waals surface area contributed by atoms with Crippen LogP contribution in [0.2, 0.25) is 5.02 Å². The van der Waals surface area contributed by atoms with E-state index >= 15 is 0 Å². The molecule has 1 amide bonds. The number of hydrogen-bond donors (Lipinski definition) is 0. The van der Waals surface area contributed by atoms with Gasteiger partial charge in [0.15, 0.2) is 0 Å². The first-order valence-electron chi connectivity index (χ1n) is 9.85. The molecule has 0 atom stereocenters. The first kappa shape index (κ1) is 23.3. The van der Waals surface area contributed by atoms with Crippen molar-refractivity contribution in [2.24, 2.45) is 0 Å². The largest absolute Gasteiger partial charge is 0.488 e. The quantitative estimate of drug-likeness (QED) is 0.272. The summed E-state index contributed by atoms with van der Waals surface area (Å²) in [5.74, 6) is 0.211. The minimum atomic E-state index is -0.270. The number of thiocarbonyl (C=S) groups is 1. The van der Waals surface area contributed by atoms with E-state index in [-0.39, 0.29) is 18.3 Å². The molecule has 1 heterocycles. The fourth-order valence-corrected chi connectivity index (χ4v) is 4.44. The van der Waals surface area contributed by atoms with Crippen molar-refractivity contribution in [1.29, 1.82) is 0 Å². The van der Waals surface area contributed by atoms with Crippen molar-refractivity contribution in [3.63, 3.8) is 0 Å². The van der Waals surface area contributed by atoms with Gasteiger partial charge in [-0.2, -0.15) is 0 Å². The number of nitrogens with zero attached hydrogens (tertiary/aromatic N) is 1. The molecule has 0 spiro atoms. The Bertz CT molecular complexity index is 1010. The van der Waals surface area contributed by atoms with Crippen LogP contribution in [0.5, 0.6) is 5.75 Å². The molecule has 1 fully saturated rings. The van der Waals surface area contributed by atoms with E-state index in [2.05, 4.69) is 0 Å². The molecule has 162 valence electrons. The van der Waals surface area contributed by atoms with Gasteiger partial charge < -0.3 is 9.47 Å². The molecular weight excluding hydrogens is 454 g/mol. The predicted octanol–water partition coefficient (Wildman–Crippen LogP) is 5.46. The lowest BCUT2D eigenvalue weighted by atomic mass is 10.1. The van der Waals surface area contributed by atoms with Crippen molar-refractivity contribution < 1.29 is 19.1 Å². The zero-order valence-electron chi connectivity index (χ0n) is 17.0. The molecule has 1 saturated heterocycles. The SMILES string of the molecule is CCOC(=O)CCCN1C(=O)/C(=C\c2ccccc2OCc2ccccc2Cl)SC1=S. The third-order valence-corrected chi connectivity index (χ3v) is 6.23. The van der Waals surface area contributed by atoms with Gasteiger partial charge in [-0.15, -0.1) is 0 Å². The molecule has 0 saturated carbocycles. The lowest BCUT2D eigenvalue weighted by Gasteiger charge is -2.13. The lowest BCUT2D eigenvalue weighted by molar-refractivity contribution is -0.143. The molecule has 0 aromatic heterocycles. The highest BCUT2D eigenvalue weighted by molar-refractivity contribution is 8.26. The monoisotopic (exact) mass is 475 g/mol. The summed E-state index contributed by atoms with van der Waals surface area (Å²) in [6, 6.07) is 15.0. The molecule has 0 bridgehead atoms. The average molecular weight is 476 g/mol. The van der Waals surface area contributed by atoms with Crippen LogP contribution >= 0.6 is 35.6 Å². The second-order valence-corrected chi connectivity index (χ2v) is 8.74. The fourth-order valence-electron chi connectivity index (χ4n) is 2.95. The van der Waals surface area contributed by atoms with Crippen LogP contribution in [-0.4, -0.2) is 34.2 Å². The van der Waals surface area contributed by atoms with Crippen LogP contribution in [0.3, 0.4) is 0 Å². The average Bonchev–Trinajstić information content (AvgIpc) is 3.01. The topological polar surface area (TPSA) is 55.8 Å². The Kier molecular flexibility index (Phi) is 8.51. The van der Waals surface area contributed by atoms with E-state index in [1.165, 1.54) is 16.7 Å². The number of hydrogen-bond acceptors (Lipinski definition) is 6. The van der Waals surface area contributed by atoms with Gasteiger partial charge in [-0.05, 0) is 31.6 Å². The number of ether oxygens (including phenoxy) is 2. The molecule has 1 aliphatic heterocycles. The smallest absolute Gasteiger partial charge is 0.305 e. The molecule has 0 radical (unpaired) electrons. The highest BCUT2D eigenvalue weighted by Gasteiger charge is 2.31. The molecule has 8 heteroatoms. The second-order valence-electron chi connectivity index (χ2n) is 6.66. The van der Waals surface area contributed by atoms with Gasteiger partial charge in [0.05, 0.1) is 11.5 Å². The van der Waals surface area contributed by atoms with Crippen molar-refractivity contribution >= 4 is 57.9 Å². The molecule has 0 N–H and O–H groups in total. The molecule has 5 nitrogen and oxygen atoms in total. The Balaban J connectivity index is 1.67. The summed E-state index contributed by atoms with van der Waals surface area (Å²) in [4.78, 5) is 26.4. The van der Waals surface area contributed by atoms with E-state index in [9.17, 15) is 9.59 Å². The van der Waals surface area contributed by atoms with Crippen molar-refractivity contribution in [2.75, 3.05) is 13.2 Å². The first-order valence-corrected chi connectivity index (χ1v) is 11.5. The highest BCUT2D eigenvalue weighted by atomic mass is 35.5. The number of carbonyl (C=O) groups excluding carboxylic acids is 2. The fraction of sp³-hybridized carbons (Fsp3) is 0.261. The second kappa shape index (κ2) is 11.3. The number of thioether (sulfide) groups is 1. The number of esters is 1. The maximum atomic E-state index is 12.8. The number of rotatable bonds is 9. The van der Waals surface area contributed by atoms with Gasteiger partial charge in [-0.3, -0.25) is 14.5 Å². The van der Waals surface area contributed by atoms with Gasteiger partial charge in [0.25, 0.3) is 5.91 Å². The molecule has 2 aromatic rings. The highest BCUT2D eigenvalue weighted by Crippen LogP contribution is 2.34. The van der Waals surface area contributed by atoms with Gasteiger partial charge in [0.2, 0.25) is 0 Å². The van der Waals surface area contributed by atoms with Crippen LogP contribution in [0.15, 0.2) is 53.4 Å². The molecule has 31 heavy (non-hydrogen) atoms. The van der Waals surface area contributed by atoms with Gasteiger partial charge in [0, 0.05) is 29.1 Å². The normalized spacial score (nSPS) is 14.9. The minimum Gasteiger partial charge on any atom is -0.488 e. The third kappa shape index (κ3) is 6.32. The van der Waals surface area contributed by atoms with E-state index in [0.717, 1.165) is 11.1 Å². The van der Waals surface area contributed by atoms with Crippen LogP contribution in [0.25, 0.3) is 6.08 Å². The third-order valence-electron chi connectivity index (χ3n) is 4.49. The number of amides is 1. The van der Waals surface area contributed by atoms with Crippen LogP contribution in [0.1, 0.15) is 30.9 Å². The summed E-state index contributed by atoms with van der Waals surface area (Å²) in [5.41, 5.74) is 1.66. The summed E-state index contributed by atoms with van der Waals surface area (Å²) in [6.45, 7) is 2.81. The Morgan fingerprint density at radius 1 is 1.19 bits per heavy atom. The summed E-state index contributed by atoms with van der Waals surface area (Å²) in [6.07, 6.45) is 2.53. The Labute approximate surface area is 196 Å². The summed E-state index contributed by atoms with van der Waals surface area (Å²) in [7, 11) is 0. The molecular formula is C23H22ClNO4S2. The number of benzene rings is 2. The van der Waals surface area contributed by atoms with Crippen molar-refractivity contribution in [1.82, 2.24) is 4.90 Å². The van der Waals surface area contributed by atoms with Crippen molar-refractivity contribution in [2.45, 2.75) is 26.4 Å². The number of halogens is 1. The molecule has 2 aromatic carbocycles. The van der Waals surface area contributed by atoms with Crippen molar-refractivity contribution in [3.8, 4) is 5.75 Å². The Morgan fingerprint density at radius 2 is 1.94 bits per heavy atom. The van der Waals surface area contributed by atoms with Gasteiger partial charge in [-0.1, -0.05) is 72.0 Å². The van der Waals surface area contributed by atoms with Gasteiger partial charge in [-0.25, -0.2) is 0 Å². The Morgan fingerprint density at radius 3 is 2.71 bits per heavy atom. The Hall–Kier alpha value is -2.35. The number of carbonyl (C=O) groups is 2. The van der Waals surface area contributed by atoms with E-state index in [1.807, 2.05) is 48.5 Å². The molecule has 0 aliphatic carbocycles. The predicted molar refractivity (Wildman–Crippen MR) is 128 cm³/mol. The van der Waals surface area contributed by atoms with E-state index in [0.29, 0.717) is 46.2 Å². The van der Waals surface area contributed by atoms with Crippen molar-refractivity contribution in [3.05, 3.63) is 69.6 Å². The number of para-hydroxylation sites is 1. The molecule has 3 rings (SSSR count). The first-order chi connectivity index (χ1) is 15.0. The van der Waals surface area contributed by atoms with Crippen LogP contribution in [0, 0.1) is 0 Å². The van der Waals surface area contributed by atoms with E-state index < -0.39 is 0 Å². The summed E-state index contributed by atoms with van der Waals surface area (Å²) in [5, 5.41) is 0.642. The summed E-state index contributed by atoms with van der Waals surface area (Å²) >= 11 is 12.8. The zero-order chi connectivity index (χ0) is 22.2. The van der Waals surface area contributed by atoms with E-state index in [1.54, 1.807) is 13.0 Å². The van der Waals surface area contributed by atoms with Gasteiger partial charge >= 0.3 is 5.97 Å². The molecule has 1 aliphatic rings. The molecule has 0 unspecified atom stereocenters. The summed E-state index contributed by atoms with van der Waals surface area (Å²) < 4.78 is 11.4. The van der Waals surface area contributed by atoms with Crippen LogP contribution in [-0.2, 0) is 20.9 Å². The zero-order valence-corrected chi connectivity index (χ0v) is 19.4. The van der Waals surface area contributed by atoms with Gasteiger partial charge in [0.1, 0.15) is 16.7 Å².